The largest absolute Gasteiger partial charge is 0.488 e. The average Bonchev–Trinajstić information content (AvgIpc) is 3.22. The first-order valence-electron chi connectivity index (χ1n) is 18.8. The average molecular weight is 848 g/mol. The highest BCUT2D eigenvalue weighted by Crippen LogP contribution is 2.41. The van der Waals surface area contributed by atoms with Crippen molar-refractivity contribution < 1.29 is 38.4 Å². The van der Waals surface area contributed by atoms with Crippen LogP contribution in [0, 0.1) is 20.2 Å². The zero-order chi connectivity index (χ0) is 42.2. The molecular weight excluding hydrogens is 811 g/mol. The highest BCUT2D eigenvalue weighted by atomic mass is 35.5. The molecule has 8 bridgehead atoms. The lowest BCUT2D eigenvalue weighted by Gasteiger charge is -2.22. The molecule has 304 valence electrons. The lowest BCUT2D eigenvalue weighted by molar-refractivity contribution is -0.385. The molecule has 0 heterocycles. The number of benzene rings is 6. The normalized spacial score (nSPS) is 11.9. The van der Waals surface area contributed by atoms with Crippen molar-refractivity contribution in [1.82, 2.24) is 0 Å². The number of halogens is 2. The molecular formula is C46H36Cl2N2O10. The van der Waals surface area contributed by atoms with Gasteiger partial charge in [-0.05, 0) is 56.6 Å². The van der Waals surface area contributed by atoms with Crippen LogP contribution in [-0.4, -0.2) is 33.5 Å². The van der Waals surface area contributed by atoms with E-state index in [9.17, 15) is 29.8 Å². The van der Waals surface area contributed by atoms with E-state index in [1.54, 1.807) is 12.1 Å². The first kappa shape index (κ1) is 41.4. The van der Waals surface area contributed by atoms with Crippen molar-refractivity contribution in [3.63, 3.8) is 0 Å². The van der Waals surface area contributed by atoms with Gasteiger partial charge in [0.25, 0.3) is 21.9 Å². The number of para-hydroxylation sites is 2. The van der Waals surface area contributed by atoms with Crippen molar-refractivity contribution in [2.75, 3.05) is 13.2 Å². The molecule has 7 rings (SSSR count). The lowest BCUT2D eigenvalue weighted by Crippen LogP contribution is -2.12. The first-order valence-corrected chi connectivity index (χ1v) is 19.6. The van der Waals surface area contributed by atoms with Crippen molar-refractivity contribution in [1.29, 1.82) is 0 Å². The van der Waals surface area contributed by atoms with Gasteiger partial charge < -0.3 is 18.9 Å². The van der Waals surface area contributed by atoms with Gasteiger partial charge in [0, 0.05) is 72.2 Å². The fraction of sp³-hybridized carbons (Fsp3) is 0.174. The molecule has 0 spiro atoms. The molecule has 1 aliphatic carbocycles. The number of ether oxygens (including phenoxy) is 4. The molecule has 0 unspecified atom stereocenters. The van der Waals surface area contributed by atoms with Crippen LogP contribution in [0.1, 0.15) is 55.6 Å². The topological polar surface area (TPSA) is 157 Å². The molecule has 1 aliphatic rings. The first-order chi connectivity index (χ1) is 29.0. The molecule has 6 aromatic rings. The summed E-state index contributed by atoms with van der Waals surface area (Å²) >= 11 is 11.6. The smallest absolute Gasteiger partial charge is 0.270 e. The van der Waals surface area contributed by atoms with Crippen molar-refractivity contribution in [2.24, 2.45) is 0 Å². The minimum Gasteiger partial charge on any atom is -0.488 e. The third-order valence-electron chi connectivity index (χ3n) is 9.87. The van der Waals surface area contributed by atoms with Crippen molar-refractivity contribution in [3.8, 4) is 23.0 Å². The van der Waals surface area contributed by atoms with Gasteiger partial charge in [0.15, 0.2) is 13.2 Å². The van der Waals surface area contributed by atoms with Crippen LogP contribution in [0.2, 0.25) is 0 Å². The number of nitro groups is 2. The number of rotatable bonds is 14. The van der Waals surface area contributed by atoms with Crippen molar-refractivity contribution in [3.05, 3.63) is 197 Å². The van der Waals surface area contributed by atoms with Gasteiger partial charge in [-0.3, -0.25) is 29.8 Å². The standard InChI is InChI=1S/C46H36Cl2N2O10/c47-41(51)27-59-45-35-17-31-13-7-14-32(43(31)57-25-29-9-3-1-4-10-29)18-36-22-40(50(55)56)24-38(46(36)60-28-42(48)52)20-34-16-8-15-33(19-37(45)23-39(21-35)49(53)54)44(34)58-26-30-11-5-2-6-12-30/h1-16,21-24H,17-20,25-28H2. The second kappa shape index (κ2) is 18.9. The lowest BCUT2D eigenvalue weighted by atomic mass is 9.90. The van der Waals surface area contributed by atoms with Gasteiger partial charge in [-0.25, -0.2) is 0 Å². The Labute approximate surface area is 354 Å². The van der Waals surface area contributed by atoms with Gasteiger partial charge in [-0.15, -0.1) is 0 Å². The molecule has 0 fully saturated rings. The number of fused-ring (bicyclic) bond motifs is 8. The van der Waals surface area contributed by atoms with E-state index in [4.69, 9.17) is 42.1 Å². The monoisotopic (exact) mass is 846 g/mol. The Bertz CT molecular complexity index is 2320. The number of nitrogens with zero attached hydrogens (tertiary/aromatic N) is 2. The molecule has 0 radical (unpaired) electrons. The Hall–Kier alpha value is -6.76. The summed E-state index contributed by atoms with van der Waals surface area (Å²) in [6, 6.07) is 35.3. The van der Waals surface area contributed by atoms with Crippen LogP contribution in [0.5, 0.6) is 23.0 Å². The molecule has 0 amide bonds. The number of hydrogen-bond acceptors (Lipinski definition) is 10. The fourth-order valence-corrected chi connectivity index (χ4v) is 7.43. The molecule has 0 atom stereocenters. The fourth-order valence-electron chi connectivity index (χ4n) is 7.32. The van der Waals surface area contributed by atoms with E-state index in [1.165, 1.54) is 24.3 Å². The summed E-state index contributed by atoms with van der Waals surface area (Å²) in [7, 11) is 0. The molecule has 12 nitrogen and oxygen atoms in total. The van der Waals surface area contributed by atoms with E-state index in [1.807, 2.05) is 84.9 Å². The Balaban J connectivity index is 1.50. The zero-order valence-corrected chi connectivity index (χ0v) is 33.4. The predicted molar refractivity (Wildman–Crippen MR) is 225 cm³/mol. The Morgan fingerprint density at radius 2 is 0.750 bits per heavy atom. The molecule has 0 saturated heterocycles. The van der Waals surface area contributed by atoms with Gasteiger partial charge in [-0.2, -0.15) is 0 Å². The number of nitro benzene ring substituents is 2. The summed E-state index contributed by atoms with van der Waals surface area (Å²) in [5, 5.41) is 23.5. The summed E-state index contributed by atoms with van der Waals surface area (Å²) in [6.45, 7) is -0.732. The summed E-state index contributed by atoms with van der Waals surface area (Å²) in [5.41, 5.74) is 5.25. The van der Waals surface area contributed by atoms with Crippen LogP contribution in [0.15, 0.2) is 121 Å². The highest BCUT2D eigenvalue weighted by Gasteiger charge is 2.26. The van der Waals surface area contributed by atoms with E-state index in [2.05, 4.69) is 0 Å². The van der Waals surface area contributed by atoms with Gasteiger partial charge in [-0.1, -0.05) is 97.1 Å². The minimum atomic E-state index is -0.765. The van der Waals surface area contributed by atoms with Gasteiger partial charge >= 0.3 is 0 Å². The predicted octanol–water partition coefficient (Wildman–Crippen LogP) is 9.63. The van der Waals surface area contributed by atoms with Gasteiger partial charge in [0.1, 0.15) is 36.2 Å². The van der Waals surface area contributed by atoms with E-state index in [-0.39, 0.29) is 61.8 Å². The summed E-state index contributed by atoms with van der Waals surface area (Å²) in [5.74, 6) is 1.30. The van der Waals surface area contributed by atoms with Crippen LogP contribution >= 0.6 is 23.2 Å². The molecule has 6 aromatic carbocycles. The van der Waals surface area contributed by atoms with Crippen LogP contribution < -0.4 is 18.9 Å². The number of hydrogen-bond donors (Lipinski definition) is 0. The van der Waals surface area contributed by atoms with Gasteiger partial charge in [0.05, 0.1) is 9.85 Å². The quantitative estimate of drug-likeness (QED) is 0.0586. The molecule has 14 heteroatoms. The SMILES string of the molecule is O=C(Cl)COc1c2cc([N+](=O)[O-])cc1Cc1cccc(c1OCc1ccccc1)Cc1cc([N+](=O)[O-])cc(c1OCC(=O)Cl)Cc1cccc(c1OCc1ccccc1)C2. The number of carbonyl (C=O) groups is 2. The van der Waals surface area contributed by atoms with Crippen molar-refractivity contribution in [2.45, 2.75) is 38.9 Å². The second-order valence-corrected chi connectivity index (χ2v) is 14.9. The van der Waals surface area contributed by atoms with Crippen LogP contribution in [0.25, 0.3) is 0 Å². The third kappa shape index (κ3) is 10.1. The second-order valence-electron chi connectivity index (χ2n) is 14.1. The summed E-state index contributed by atoms with van der Waals surface area (Å²) in [6.07, 6.45) is 0.167. The van der Waals surface area contributed by atoms with Gasteiger partial charge in [0.2, 0.25) is 0 Å². The Kier molecular flexibility index (Phi) is 13.0. The van der Waals surface area contributed by atoms with Crippen LogP contribution in [-0.2, 0) is 48.5 Å². The molecule has 0 saturated carbocycles. The highest BCUT2D eigenvalue weighted by molar-refractivity contribution is 6.64. The third-order valence-corrected chi connectivity index (χ3v) is 10.1. The number of non-ortho nitro benzene ring substituents is 2. The zero-order valence-electron chi connectivity index (χ0n) is 31.9. The summed E-state index contributed by atoms with van der Waals surface area (Å²) < 4.78 is 25.4. The number of carbonyl (C=O) groups excluding carboxylic acids is 2. The Morgan fingerprint density at radius 3 is 1.03 bits per heavy atom. The van der Waals surface area contributed by atoms with Crippen LogP contribution in [0.3, 0.4) is 0 Å². The molecule has 0 aromatic heterocycles. The summed E-state index contributed by atoms with van der Waals surface area (Å²) in [4.78, 5) is 48.4. The van der Waals surface area contributed by atoms with E-state index in [0.717, 1.165) is 11.1 Å². The minimum absolute atomic E-state index is 0.0418. The van der Waals surface area contributed by atoms with Crippen LogP contribution in [0.4, 0.5) is 11.4 Å². The molecule has 60 heavy (non-hydrogen) atoms. The maximum Gasteiger partial charge on any atom is 0.270 e. The van der Waals surface area contributed by atoms with Crippen molar-refractivity contribution >= 4 is 45.1 Å². The maximum absolute atomic E-state index is 12.5. The Morgan fingerprint density at radius 1 is 0.450 bits per heavy atom. The molecule has 0 N–H and O–H groups in total. The maximum atomic E-state index is 12.5. The van der Waals surface area contributed by atoms with E-state index < -0.39 is 33.5 Å². The molecule has 0 aliphatic heterocycles. The van der Waals surface area contributed by atoms with E-state index >= 15 is 0 Å². The van der Waals surface area contributed by atoms with E-state index in [0.29, 0.717) is 56.0 Å².